The van der Waals surface area contributed by atoms with Crippen LogP contribution in [-0.4, -0.2) is 0 Å². The Labute approximate surface area is 121 Å². The van der Waals surface area contributed by atoms with Gasteiger partial charge in [0, 0.05) is 11.1 Å². The summed E-state index contributed by atoms with van der Waals surface area (Å²) in [6.45, 7) is 0.254. The molecule has 2 rings (SSSR count). The third-order valence-corrected chi connectivity index (χ3v) is 2.66. The summed E-state index contributed by atoms with van der Waals surface area (Å²) in [6.07, 6.45) is 1.38. The minimum Gasteiger partial charge on any atom is -0.486 e. The van der Waals surface area contributed by atoms with Gasteiger partial charge in [0.15, 0.2) is 0 Å². The van der Waals surface area contributed by atoms with E-state index in [1.54, 1.807) is 48.5 Å². The maximum atomic E-state index is 8.65. The van der Waals surface area contributed by atoms with Crippen LogP contribution in [0.3, 0.4) is 0 Å². The third-order valence-electron chi connectivity index (χ3n) is 2.40. The number of ether oxygens (including phenoxy) is 1. The number of rotatable bonds is 4. The lowest BCUT2D eigenvalue weighted by Gasteiger charge is -2.03. The summed E-state index contributed by atoms with van der Waals surface area (Å²) in [5, 5.41) is 17.9. The van der Waals surface area contributed by atoms with Crippen LogP contribution in [0.25, 0.3) is 6.08 Å². The topological polar surface area (TPSA) is 70.0 Å². The van der Waals surface area contributed by atoms with Gasteiger partial charge in [0.1, 0.15) is 41.6 Å². The van der Waals surface area contributed by atoms with Crippen molar-refractivity contribution in [2.24, 2.45) is 0 Å². The zero-order valence-corrected chi connectivity index (χ0v) is 11.1. The smallest absolute Gasteiger partial charge is 0.146 e. The average molecular weight is 285 g/mol. The molecule has 0 amide bonds. The molecule has 0 bridgehead atoms. The van der Waals surface area contributed by atoms with Crippen molar-refractivity contribution in [3.05, 3.63) is 58.5 Å². The van der Waals surface area contributed by atoms with E-state index < -0.39 is 0 Å². The van der Waals surface area contributed by atoms with Gasteiger partial charge in [0.25, 0.3) is 0 Å². The maximum Gasteiger partial charge on any atom is 0.146 e. The van der Waals surface area contributed by atoms with Crippen LogP contribution in [0.5, 0.6) is 5.75 Å². The van der Waals surface area contributed by atoms with E-state index in [2.05, 4.69) is 0 Å². The van der Waals surface area contributed by atoms with Gasteiger partial charge in [-0.3, -0.25) is 0 Å². The molecule has 0 aliphatic heterocycles. The molecule has 0 fully saturated rings. The molecule has 0 unspecified atom stereocenters. The van der Waals surface area contributed by atoms with Crippen LogP contribution < -0.4 is 4.74 Å². The van der Waals surface area contributed by atoms with E-state index in [4.69, 9.17) is 31.3 Å². The number of nitrogens with zero attached hydrogens (tertiary/aromatic N) is 2. The van der Waals surface area contributed by atoms with E-state index in [1.807, 2.05) is 0 Å². The first-order valence-electron chi connectivity index (χ1n) is 5.70. The van der Waals surface area contributed by atoms with Crippen LogP contribution in [0.2, 0.25) is 5.02 Å². The van der Waals surface area contributed by atoms with Crippen molar-refractivity contribution < 1.29 is 9.15 Å². The van der Waals surface area contributed by atoms with E-state index in [0.29, 0.717) is 22.3 Å². The fourth-order valence-corrected chi connectivity index (χ4v) is 1.59. The molecule has 1 heterocycles. The summed E-state index contributed by atoms with van der Waals surface area (Å²) < 4.78 is 10.9. The summed E-state index contributed by atoms with van der Waals surface area (Å²) in [5.41, 5.74) is -0.00970. The fourth-order valence-electron chi connectivity index (χ4n) is 1.47. The highest BCUT2D eigenvalue weighted by atomic mass is 35.5. The molecule has 0 spiro atoms. The Kier molecular flexibility index (Phi) is 4.44. The van der Waals surface area contributed by atoms with Crippen LogP contribution in [0.1, 0.15) is 11.5 Å². The van der Waals surface area contributed by atoms with Crippen LogP contribution in [-0.2, 0) is 6.61 Å². The number of benzene rings is 1. The first-order chi connectivity index (χ1) is 9.71. The van der Waals surface area contributed by atoms with Crippen molar-refractivity contribution >= 4 is 17.7 Å². The van der Waals surface area contributed by atoms with Crippen molar-refractivity contribution in [1.29, 1.82) is 10.5 Å². The van der Waals surface area contributed by atoms with Gasteiger partial charge in [-0.2, -0.15) is 10.5 Å². The minimum atomic E-state index is -0.00970. The Morgan fingerprint density at radius 2 is 1.85 bits per heavy atom. The molecule has 1 aromatic heterocycles. The Hall–Kier alpha value is -2.69. The molecule has 0 radical (unpaired) electrons. The highest BCUT2D eigenvalue weighted by Crippen LogP contribution is 2.18. The van der Waals surface area contributed by atoms with Crippen molar-refractivity contribution in [3.63, 3.8) is 0 Å². The number of furan rings is 1. The first-order valence-corrected chi connectivity index (χ1v) is 6.08. The average Bonchev–Trinajstić information content (AvgIpc) is 2.92. The Morgan fingerprint density at radius 1 is 1.15 bits per heavy atom. The highest BCUT2D eigenvalue weighted by Gasteiger charge is 2.03. The van der Waals surface area contributed by atoms with Crippen LogP contribution in [0.4, 0.5) is 0 Å². The normalized spacial score (nSPS) is 9.35. The molecule has 4 nitrogen and oxygen atoms in total. The SMILES string of the molecule is N#CC(C#N)=Cc1ccc(COc2ccc(Cl)cc2)o1. The molecule has 2 aromatic rings. The van der Waals surface area contributed by atoms with Crippen molar-refractivity contribution in [2.75, 3.05) is 0 Å². The third kappa shape index (κ3) is 3.65. The summed E-state index contributed by atoms with van der Waals surface area (Å²) >= 11 is 5.77. The molecule has 0 atom stereocenters. The molecule has 5 heteroatoms. The van der Waals surface area contributed by atoms with Gasteiger partial charge in [-0.1, -0.05) is 11.6 Å². The summed E-state index contributed by atoms with van der Waals surface area (Å²) in [7, 11) is 0. The quantitative estimate of drug-likeness (QED) is 0.797. The van der Waals surface area contributed by atoms with Crippen molar-refractivity contribution in [1.82, 2.24) is 0 Å². The lowest BCUT2D eigenvalue weighted by Crippen LogP contribution is -1.93. The molecule has 98 valence electrons. The Bertz CT molecular complexity index is 687. The number of halogens is 1. The summed E-state index contributed by atoms with van der Waals surface area (Å²) in [5.74, 6) is 1.72. The lowest BCUT2D eigenvalue weighted by atomic mass is 10.3. The Morgan fingerprint density at radius 3 is 2.50 bits per heavy atom. The van der Waals surface area contributed by atoms with Gasteiger partial charge in [-0.25, -0.2) is 0 Å². The number of allylic oxidation sites excluding steroid dienone is 1. The number of hydrogen-bond donors (Lipinski definition) is 0. The number of nitriles is 2. The molecule has 0 saturated heterocycles. The summed E-state index contributed by atoms with van der Waals surface area (Å²) in [6, 6.07) is 13.9. The standard InChI is InChI=1S/C15H9ClN2O2/c16-12-1-3-13(4-2-12)19-10-15-6-5-14(20-15)7-11(8-17)9-18/h1-7H,10H2. The summed E-state index contributed by atoms with van der Waals surface area (Å²) in [4.78, 5) is 0. The van der Waals surface area contributed by atoms with E-state index in [1.165, 1.54) is 6.08 Å². The second kappa shape index (κ2) is 6.47. The second-order valence-electron chi connectivity index (χ2n) is 3.83. The van der Waals surface area contributed by atoms with Crippen LogP contribution in [0.15, 0.2) is 46.4 Å². The van der Waals surface area contributed by atoms with Crippen molar-refractivity contribution in [3.8, 4) is 17.9 Å². The van der Waals surface area contributed by atoms with Gasteiger partial charge in [-0.15, -0.1) is 0 Å². The van der Waals surface area contributed by atoms with Gasteiger partial charge >= 0.3 is 0 Å². The fraction of sp³-hybridized carbons (Fsp3) is 0.0667. The molecular weight excluding hydrogens is 276 g/mol. The molecule has 0 saturated carbocycles. The second-order valence-corrected chi connectivity index (χ2v) is 4.26. The zero-order valence-electron chi connectivity index (χ0n) is 10.3. The molecule has 0 aliphatic rings. The van der Waals surface area contributed by atoms with Crippen LogP contribution in [0, 0.1) is 22.7 Å². The molecule has 0 N–H and O–H groups in total. The zero-order chi connectivity index (χ0) is 14.4. The van der Waals surface area contributed by atoms with Gasteiger partial charge < -0.3 is 9.15 Å². The molecule has 0 aliphatic carbocycles. The van der Waals surface area contributed by atoms with E-state index in [9.17, 15) is 0 Å². The number of hydrogen-bond acceptors (Lipinski definition) is 4. The van der Waals surface area contributed by atoms with Gasteiger partial charge in [0.2, 0.25) is 0 Å². The van der Waals surface area contributed by atoms with E-state index in [0.717, 1.165) is 0 Å². The van der Waals surface area contributed by atoms with E-state index >= 15 is 0 Å². The maximum absolute atomic E-state index is 8.65. The first kappa shape index (κ1) is 13.7. The molecule has 20 heavy (non-hydrogen) atoms. The van der Waals surface area contributed by atoms with Crippen molar-refractivity contribution in [2.45, 2.75) is 6.61 Å². The largest absolute Gasteiger partial charge is 0.486 e. The molecule has 1 aromatic carbocycles. The Balaban J connectivity index is 2.00. The van der Waals surface area contributed by atoms with Gasteiger partial charge in [0.05, 0.1) is 0 Å². The highest BCUT2D eigenvalue weighted by molar-refractivity contribution is 6.30. The molecular formula is C15H9ClN2O2. The predicted octanol–water partition coefficient (Wildman–Crippen LogP) is 3.94. The van der Waals surface area contributed by atoms with Gasteiger partial charge in [-0.05, 0) is 36.4 Å². The predicted molar refractivity (Wildman–Crippen MR) is 73.7 cm³/mol. The minimum absolute atomic E-state index is 0.00970. The van der Waals surface area contributed by atoms with Crippen LogP contribution >= 0.6 is 11.6 Å². The van der Waals surface area contributed by atoms with E-state index in [-0.39, 0.29) is 12.2 Å². The lowest BCUT2D eigenvalue weighted by molar-refractivity contribution is 0.269. The monoisotopic (exact) mass is 284 g/mol.